The predicted octanol–water partition coefficient (Wildman–Crippen LogP) is 5.65. The molecule has 0 N–H and O–H groups in total. The molecule has 152 valence electrons. The molecule has 2 aromatic rings. The third-order valence-corrected chi connectivity index (χ3v) is 4.42. The van der Waals surface area contributed by atoms with Crippen LogP contribution >= 0.6 is 0 Å². The first-order valence-corrected chi connectivity index (χ1v) is 10.2. The van der Waals surface area contributed by atoms with Crippen LogP contribution in [0.5, 0.6) is 0 Å². The van der Waals surface area contributed by atoms with Crippen LogP contribution in [0.1, 0.15) is 56.6 Å². The van der Waals surface area contributed by atoms with Crippen LogP contribution < -0.4 is 0 Å². The van der Waals surface area contributed by atoms with E-state index in [0.717, 1.165) is 24.0 Å². The van der Waals surface area contributed by atoms with Gasteiger partial charge >= 0.3 is 5.97 Å². The second kappa shape index (κ2) is 13.9. The monoisotopic (exact) mass is 384 g/mol. The number of carbonyl (C=O) groups is 1. The lowest BCUT2D eigenvalue weighted by Gasteiger charge is -2.19. The van der Waals surface area contributed by atoms with Gasteiger partial charge in [0.25, 0.3) is 0 Å². The number of hydrogen-bond acceptors (Lipinski definition) is 4. The van der Waals surface area contributed by atoms with E-state index in [1.54, 1.807) is 0 Å². The summed E-state index contributed by atoms with van der Waals surface area (Å²) in [4.78, 5) is 12.0. The molecule has 0 amide bonds. The molecule has 2 aromatic carbocycles. The van der Waals surface area contributed by atoms with Crippen LogP contribution in [-0.2, 0) is 32.2 Å². The Balaban J connectivity index is 1.76. The van der Waals surface area contributed by atoms with E-state index in [2.05, 4.69) is 6.92 Å². The summed E-state index contributed by atoms with van der Waals surface area (Å²) in [6.07, 6.45) is 5.40. The van der Waals surface area contributed by atoms with Crippen molar-refractivity contribution in [3.8, 4) is 0 Å². The molecule has 0 fully saturated rings. The molecular weight excluding hydrogens is 352 g/mol. The van der Waals surface area contributed by atoms with E-state index >= 15 is 0 Å². The van der Waals surface area contributed by atoms with Crippen molar-refractivity contribution in [2.24, 2.45) is 0 Å². The highest BCUT2D eigenvalue weighted by atomic mass is 16.7. The van der Waals surface area contributed by atoms with E-state index < -0.39 is 6.29 Å². The molecule has 4 nitrogen and oxygen atoms in total. The van der Waals surface area contributed by atoms with Crippen LogP contribution in [0, 0.1) is 0 Å². The summed E-state index contributed by atoms with van der Waals surface area (Å²) in [6, 6.07) is 19.8. The summed E-state index contributed by atoms with van der Waals surface area (Å²) in [7, 11) is 0. The molecule has 0 bridgehead atoms. The van der Waals surface area contributed by atoms with Crippen molar-refractivity contribution in [2.75, 3.05) is 6.61 Å². The molecule has 0 unspecified atom stereocenters. The first-order chi connectivity index (χ1) is 13.8. The van der Waals surface area contributed by atoms with Gasteiger partial charge in [0.05, 0.1) is 13.2 Å². The lowest BCUT2D eigenvalue weighted by molar-refractivity contribution is -0.191. The Bertz CT molecular complexity index is 599. The van der Waals surface area contributed by atoms with Crippen molar-refractivity contribution in [1.82, 2.24) is 0 Å². The molecule has 28 heavy (non-hydrogen) atoms. The fourth-order valence-corrected chi connectivity index (χ4v) is 2.78. The number of benzene rings is 2. The third-order valence-electron chi connectivity index (χ3n) is 4.42. The summed E-state index contributed by atoms with van der Waals surface area (Å²) < 4.78 is 17.1. The summed E-state index contributed by atoms with van der Waals surface area (Å²) in [6.45, 7) is 3.11. The maximum atomic E-state index is 12.0. The van der Waals surface area contributed by atoms with Gasteiger partial charge in [-0.2, -0.15) is 0 Å². The molecule has 0 aromatic heterocycles. The minimum atomic E-state index is -0.593. The van der Waals surface area contributed by atoms with E-state index in [0.29, 0.717) is 19.6 Å². The first kappa shape index (κ1) is 22.1. The average molecular weight is 385 g/mol. The van der Waals surface area contributed by atoms with Gasteiger partial charge < -0.3 is 14.2 Å². The number of rotatable bonds is 14. The van der Waals surface area contributed by atoms with Crippen molar-refractivity contribution < 1.29 is 19.0 Å². The number of unbranched alkanes of at least 4 members (excludes halogenated alkanes) is 4. The van der Waals surface area contributed by atoms with Gasteiger partial charge in [-0.1, -0.05) is 93.3 Å². The van der Waals surface area contributed by atoms with Crippen molar-refractivity contribution >= 4 is 5.97 Å². The zero-order chi connectivity index (χ0) is 19.9. The lowest BCUT2D eigenvalue weighted by atomic mass is 10.1. The Kier molecular flexibility index (Phi) is 11.0. The minimum absolute atomic E-state index is 0.105. The fraction of sp³-hybridized carbons (Fsp3) is 0.458. The van der Waals surface area contributed by atoms with Gasteiger partial charge in [-0.3, -0.25) is 4.79 Å². The van der Waals surface area contributed by atoms with Gasteiger partial charge in [0.15, 0.2) is 6.29 Å². The zero-order valence-electron chi connectivity index (χ0n) is 16.8. The second-order valence-electron chi connectivity index (χ2n) is 6.87. The van der Waals surface area contributed by atoms with E-state index in [1.807, 2.05) is 60.7 Å². The van der Waals surface area contributed by atoms with Crippen molar-refractivity contribution in [3.63, 3.8) is 0 Å². The van der Waals surface area contributed by atoms with Gasteiger partial charge in [0.1, 0.15) is 6.61 Å². The summed E-state index contributed by atoms with van der Waals surface area (Å²) in [5.74, 6) is -0.187. The minimum Gasteiger partial charge on any atom is -0.460 e. The molecule has 0 aliphatic rings. The van der Waals surface area contributed by atoms with Gasteiger partial charge in [-0.25, -0.2) is 0 Å². The van der Waals surface area contributed by atoms with Crippen LogP contribution in [-0.4, -0.2) is 18.9 Å². The highest BCUT2D eigenvalue weighted by molar-refractivity contribution is 5.69. The molecule has 0 spiro atoms. The standard InChI is InChI=1S/C24H32O4/c1-2-3-4-5-12-17-23(25)26-20-24(27-18-21-13-8-6-9-14-21)28-19-22-15-10-7-11-16-22/h6-11,13-16,24H,2-5,12,17-20H2,1H3. The molecule has 0 saturated heterocycles. The molecule has 0 saturated carbocycles. The number of esters is 1. The Hall–Kier alpha value is -2.17. The van der Waals surface area contributed by atoms with Gasteiger partial charge in [-0.15, -0.1) is 0 Å². The Labute approximate surface area is 168 Å². The second-order valence-corrected chi connectivity index (χ2v) is 6.87. The van der Waals surface area contributed by atoms with Crippen molar-refractivity contribution in [1.29, 1.82) is 0 Å². The van der Waals surface area contributed by atoms with E-state index in [4.69, 9.17) is 14.2 Å². The Morgan fingerprint density at radius 1 is 0.786 bits per heavy atom. The third kappa shape index (κ3) is 9.67. The largest absolute Gasteiger partial charge is 0.460 e. The molecule has 0 aliphatic heterocycles. The molecule has 0 radical (unpaired) electrons. The van der Waals surface area contributed by atoms with Crippen LogP contribution in [0.3, 0.4) is 0 Å². The van der Waals surface area contributed by atoms with Crippen LogP contribution in [0.25, 0.3) is 0 Å². The van der Waals surface area contributed by atoms with Gasteiger partial charge in [-0.05, 0) is 17.5 Å². The molecule has 0 heterocycles. The predicted molar refractivity (Wildman–Crippen MR) is 111 cm³/mol. The lowest BCUT2D eigenvalue weighted by Crippen LogP contribution is -2.25. The molecule has 2 rings (SSSR count). The maximum Gasteiger partial charge on any atom is 0.305 e. The average Bonchev–Trinajstić information content (AvgIpc) is 2.74. The van der Waals surface area contributed by atoms with Crippen LogP contribution in [0.15, 0.2) is 60.7 Å². The van der Waals surface area contributed by atoms with E-state index in [1.165, 1.54) is 19.3 Å². The summed E-state index contributed by atoms with van der Waals surface area (Å²) in [5, 5.41) is 0. The van der Waals surface area contributed by atoms with E-state index in [-0.39, 0.29) is 12.6 Å². The first-order valence-electron chi connectivity index (χ1n) is 10.2. The molecular formula is C24H32O4. The smallest absolute Gasteiger partial charge is 0.305 e. The Morgan fingerprint density at radius 2 is 1.32 bits per heavy atom. The fourth-order valence-electron chi connectivity index (χ4n) is 2.78. The van der Waals surface area contributed by atoms with E-state index in [9.17, 15) is 4.79 Å². The van der Waals surface area contributed by atoms with Crippen LogP contribution in [0.2, 0.25) is 0 Å². The quantitative estimate of drug-likeness (QED) is 0.240. The van der Waals surface area contributed by atoms with Crippen molar-refractivity contribution in [2.45, 2.75) is 65.0 Å². The Morgan fingerprint density at radius 3 is 1.86 bits per heavy atom. The number of hydrogen-bond donors (Lipinski definition) is 0. The van der Waals surface area contributed by atoms with Crippen LogP contribution in [0.4, 0.5) is 0 Å². The maximum absolute atomic E-state index is 12.0. The summed E-state index contributed by atoms with van der Waals surface area (Å²) >= 11 is 0. The highest BCUT2D eigenvalue weighted by Gasteiger charge is 2.14. The zero-order valence-corrected chi connectivity index (χ0v) is 16.8. The molecule has 0 atom stereocenters. The van der Waals surface area contributed by atoms with Gasteiger partial charge in [0.2, 0.25) is 0 Å². The highest BCUT2D eigenvalue weighted by Crippen LogP contribution is 2.10. The summed E-state index contributed by atoms with van der Waals surface area (Å²) in [5.41, 5.74) is 2.11. The van der Waals surface area contributed by atoms with Gasteiger partial charge in [0, 0.05) is 6.42 Å². The normalized spacial score (nSPS) is 10.9. The topological polar surface area (TPSA) is 44.8 Å². The molecule has 0 aliphatic carbocycles. The van der Waals surface area contributed by atoms with Crippen molar-refractivity contribution in [3.05, 3.63) is 71.8 Å². The number of ether oxygens (including phenoxy) is 3. The molecule has 4 heteroatoms. The SMILES string of the molecule is CCCCCCCC(=O)OCC(OCc1ccccc1)OCc1ccccc1. The number of carbonyl (C=O) groups excluding carboxylic acids is 1.